The molecule has 9 heteroatoms. The van der Waals surface area contributed by atoms with Crippen molar-refractivity contribution in [3.8, 4) is 5.75 Å². The molecule has 3 atom stereocenters. The average Bonchev–Trinajstić information content (AvgIpc) is 2.98. The van der Waals surface area contributed by atoms with Crippen molar-refractivity contribution in [1.82, 2.24) is 15.1 Å². The standard InChI is InChI=1S/C31H39ClN4O3S/c1-34-27-20-23(10-11-28(27)40-29(31(34)38)19-22-6-3-9-26(18-22)39-2)30(37)33-12-5-13-35-14-16-36(17-15-35)25-8-4-7-24(32)21-25/h3-4,6-9,18-19,21,23,27-28H,5,10-17,20H2,1-2H3,(H,33,37)/b29-19-. The Labute approximate surface area is 246 Å². The minimum absolute atomic E-state index is 0.0330. The summed E-state index contributed by atoms with van der Waals surface area (Å²) < 4.78 is 5.32. The number of piperazine rings is 1. The molecule has 0 spiro atoms. The van der Waals surface area contributed by atoms with E-state index in [1.807, 2.05) is 60.5 Å². The smallest absolute Gasteiger partial charge is 0.260 e. The number of carbonyl (C=O) groups is 2. The Morgan fingerprint density at radius 2 is 1.93 bits per heavy atom. The maximum Gasteiger partial charge on any atom is 0.260 e. The molecule has 214 valence electrons. The average molecular weight is 583 g/mol. The number of halogens is 1. The molecule has 2 heterocycles. The fraction of sp³-hybridized carbons (Fsp3) is 0.484. The van der Waals surface area contributed by atoms with Gasteiger partial charge < -0.3 is 19.9 Å². The largest absolute Gasteiger partial charge is 0.497 e. The molecule has 1 saturated carbocycles. The van der Waals surface area contributed by atoms with E-state index >= 15 is 0 Å². The number of ether oxygens (including phenoxy) is 1. The number of likely N-dealkylation sites (N-methyl/N-ethyl adjacent to an activating group) is 1. The first-order chi connectivity index (χ1) is 19.4. The highest BCUT2D eigenvalue weighted by atomic mass is 35.5. The topological polar surface area (TPSA) is 65.1 Å². The molecule has 2 aromatic carbocycles. The van der Waals surface area contributed by atoms with Gasteiger partial charge in [0.05, 0.1) is 12.0 Å². The van der Waals surface area contributed by atoms with Gasteiger partial charge >= 0.3 is 0 Å². The van der Waals surface area contributed by atoms with E-state index in [0.29, 0.717) is 11.8 Å². The normalized spacial score (nSPS) is 24.6. The third kappa shape index (κ3) is 6.96. The van der Waals surface area contributed by atoms with Crippen LogP contribution in [0, 0.1) is 5.92 Å². The van der Waals surface area contributed by atoms with Crippen LogP contribution in [-0.4, -0.2) is 86.3 Å². The number of amides is 2. The maximum atomic E-state index is 13.2. The molecule has 2 aromatic rings. The minimum atomic E-state index is -0.0396. The van der Waals surface area contributed by atoms with E-state index in [0.717, 1.165) is 79.6 Å². The lowest BCUT2D eigenvalue weighted by Gasteiger charge is -2.44. The Bertz CT molecular complexity index is 1230. The molecular weight excluding hydrogens is 544 g/mol. The van der Waals surface area contributed by atoms with Crippen LogP contribution in [0.2, 0.25) is 5.02 Å². The molecule has 1 aliphatic carbocycles. The summed E-state index contributed by atoms with van der Waals surface area (Å²) in [7, 11) is 3.52. The summed E-state index contributed by atoms with van der Waals surface area (Å²) in [5, 5.41) is 4.27. The quantitative estimate of drug-likeness (QED) is 0.358. The van der Waals surface area contributed by atoms with E-state index in [9.17, 15) is 9.59 Å². The number of methoxy groups -OCH3 is 1. The zero-order chi connectivity index (χ0) is 28.1. The predicted octanol–water partition coefficient (Wildman–Crippen LogP) is 4.76. The number of fused-ring (bicyclic) bond motifs is 1. The summed E-state index contributed by atoms with van der Waals surface area (Å²) in [5.41, 5.74) is 2.14. The Morgan fingerprint density at radius 1 is 1.12 bits per heavy atom. The van der Waals surface area contributed by atoms with Crippen molar-refractivity contribution in [2.45, 2.75) is 37.0 Å². The van der Waals surface area contributed by atoms with E-state index in [-0.39, 0.29) is 23.8 Å². The minimum Gasteiger partial charge on any atom is -0.497 e. The molecule has 3 aliphatic rings. The Morgan fingerprint density at radius 3 is 2.70 bits per heavy atom. The van der Waals surface area contributed by atoms with Crippen LogP contribution in [0.15, 0.2) is 53.4 Å². The Balaban J connectivity index is 1.05. The first-order valence-corrected chi connectivity index (χ1v) is 15.5. The van der Waals surface area contributed by atoms with Crippen molar-refractivity contribution in [2.75, 3.05) is 58.3 Å². The van der Waals surface area contributed by atoms with Crippen molar-refractivity contribution in [1.29, 1.82) is 0 Å². The molecule has 0 radical (unpaired) electrons. The SMILES string of the molecule is COc1cccc(/C=C2\SC3CCC(C(=O)NCCCN4CCN(c5cccc(Cl)c5)CC4)CC3N(C)C2=O)c1. The van der Waals surface area contributed by atoms with E-state index in [1.54, 1.807) is 18.9 Å². The molecule has 0 aromatic heterocycles. The number of carbonyl (C=O) groups excluding carboxylic acids is 2. The number of anilines is 1. The molecular formula is C31H39ClN4O3S. The van der Waals surface area contributed by atoms with Gasteiger partial charge in [-0.25, -0.2) is 0 Å². The number of rotatable bonds is 8. The lowest BCUT2D eigenvalue weighted by atomic mass is 9.83. The lowest BCUT2D eigenvalue weighted by molar-refractivity contribution is -0.131. The van der Waals surface area contributed by atoms with Crippen LogP contribution in [0.25, 0.3) is 6.08 Å². The Hall–Kier alpha value is -2.68. The van der Waals surface area contributed by atoms with Gasteiger partial charge in [0.2, 0.25) is 5.91 Å². The molecule has 2 aliphatic heterocycles. The van der Waals surface area contributed by atoms with E-state index in [4.69, 9.17) is 16.3 Å². The molecule has 2 amide bonds. The van der Waals surface area contributed by atoms with E-state index < -0.39 is 0 Å². The highest BCUT2D eigenvalue weighted by Crippen LogP contribution is 2.43. The van der Waals surface area contributed by atoms with Gasteiger partial charge in [0.1, 0.15) is 5.75 Å². The number of thioether (sulfide) groups is 1. The van der Waals surface area contributed by atoms with E-state index in [2.05, 4.69) is 21.2 Å². The van der Waals surface area contributed by atoms with Crippen molar-refractivity contribution in [3.05, 3.63) is 64.0 Å². The summed E-state index contributed by atoms with van der Waals surface area (Å²) in [6, 6.07) is 15.9. The molecule has 1 N–H and O–H groups in total. The van der Waals surface area contributed by atoms with Crippen molar-refractivity contribution in [3.63, 3.8) is 0 Å². The van der Waals surface area contributed by atoms with Crippen LogP contribution in [0.3, 0.4) is 0 Å². The van der Waals surface area contributed by atoms with Crippen LogP contribution in [0.4, 0.5) is 5.69 Å². The molecule has 3 unspecified atom stereocenters. The molecule has 3 fully saturated rings. The molecule has 7 nitrogen and oxygen atoms in total. The predicted molar refractivity (Wildman–Crippen MR) is 164 cm³/mol. The number of nitrogens with one attached hydrogen (secondary N) is 1. The van der Waals surface area contributed by atoms with Gasteiger partial charge in [0, 0.05) is 67.7 Å². The van der Waals surface area contributed by atoms with Gasteiger partial charge in [-0.1, -0.05) is 29.8 Å². The fourth-order valence-electron chi connectivity index (χ4n) is 5.98. The molecule has 40 heavy (non-hydrogen) atoms. The zero-order valence-electron chi connectivity index (χ0n) is 23.4. The maximum absolute atomic E-state index is 13.2. The highest BCUT2D eigenvalue weighted by molar-refractivity contribution is 8.04. The van der Waals surface area contributed by atoms with Gasteiger partial charge in [-0.2, -0.15) is 0 Å². The number of benzene rings is 2. The lowest BCUT2D eigenvalue weighted by Crippen LogP contribution is -2.52. The van der Waals surface area contributed by atoms with E-state index in [1.165, 1.54) is 5.69 Å². The van der Waals surface area contributed by atoms with Crippen molar-refractivity contribution in [2.24, 2.45) is 5.92 Å². The van der Waals surface area contributed by atoms with Gasteiger partial charge in [-0.05, 0) is 74.2 Å². The van der Waals surface area contributed by atoms with Crippen LogP contribution in [-0.2, 0) is 9.59 Å². The summed E-state index contributed by atoms with van der Waals surface area (Å²) in [4.78, 5) is 33.7. The van der Waals surface area contributed by atoms with Gasteiger partial charge in [-0.3, -0.25) is 14.5 Å². The van der Waals surface area contributed by atoms with Crippen molar-refractivity contribution >= 4 is 46.9 Å². The third-order valence-electron chi connectivity index (χ3n) is 8.32. The third-order valence-corrected chi connectivity index (χ3v) is 9.95. The second-order valence-electron chi connectivity index (χ2n) is 10.9. The van der Waals surface area contributed by atoms with Crippen LogP contribution in [0.1, 0.15) is 31.2 Å². The summed E-state index contributed by atoms with van der Waals surface area (Å²) in [6.07, 6.45) is 5.41. The summed E-state index contributed by atoms with van der Waals surface area (Å²) >= 11 is 7.82. The highest BCUT2D eigenvalue weighted by Gasteiger charge is 2.42. The van der Waals surface area contributed by atoms with Gasteiger partial charge in [-0.15, -0.1) is 11.8 Å². The number of hydrogen-bond donors (Lipinski definition) is 1. The Kier molecular flexibility index (Phi) is 9.60. The second kappa shape index (κ2) is 13.3. The van der Waals surface area contributed by atoms with Crippen molar-refractivity contribution < 1.29 is 14.3 Å². The summed E-state index contributed by atoms with van der Waals surface area (Å²) in [6.45, 7) is 5.66. The molecule has 2 saturated heterocycles. The number of hydrogen-bond acceptors (Lipinski definition) is 6. The van der Waals surface area contributed by atoms with Gasteiger partial charge in [0.15, 0.2) is 0 Å². The second-order valence-corrected chi connectivity index (χ2v) is 12.6. The van der Waals surface area contributed by atoms with Crippen LogP contribution < -0.4 is 15.0 Å². The van der Waals surface area contributed by atoms with Crippen LogP contribution in [0.5, 0.6) is 5.75 Å². The summed E-state index contributed by atoms with van der Waals surface area (Å²) in [5.74, 6) is 0.900. The fourth-order valence-corrected chi connectivity index (χ4v) is 7.64. The zero-order valence-corrected chi connectivity index (χ0v) is 24.9. The first-order valence-electron chi connectivity index (χ1n) is 14.2. The number of nitrogens with zero attached hydrogens (tertiary/aromatic N) is 3. The molecule has 5 rings (SSSR count). The van der Waals surface area contributed by atoms with Crippen LogP contribution >= 0.6 is 23.4 Å². The first kappa shape index (κ1) is 28.8. The monoisotopic (exact) mass is 582 g/mol. The molecule has 0 bridgehead atoms. The van der Waals surface area contributed by atoms with Gasteiger partial charge in [0.25, 0.3) is 5.91 Å².